The lowest BCUT2D eigenvalue weighted by molar-refractivity contribution is -0.00000629. The van der Waals surface area contributed by atoms with Gasteiger partial charge in [-0.15, -0.1) is 0 Å². The summed E-state index contributed by atoms with van der Waals surface area (Å²) >= 11 is 0. The zero-order valence-electron chi connectivity index (χ0n) is 16.4. The minimum atomic E-state index is 0. The fourth-order valence-corrected chi connectivity index (χ4v) is 3.11. The summed E-state index contributed by atoms with van der Waals surface area (Å²) in [6, 6.07) is 15.8. The second kappa shape index (κ2) is 11.3. The first kappa shape index (κ1) is 21.7. The number of anilines is 1. The molecule has 2 aromatic rings. The minimum Gasteiger partial charge on any atom is -1.00 e. The molecule has 1 heterocycles. The highest BCUT2D eigenvalue weighted by Crippen LogP contribution is 2.28. The number of piperazine rings is 1. The first-order valence-corrected chi connectivity index (χ1v) is 9.13. The van der Waals surface area contributed by atoms with Gasteiger partial charge >= 0.3 is 0 Å². The molecule has 1 aliphatic rings. The number of nitrogens with zero attached hydrogens (tertiary/aromatic N) is 2. The summed E-state index contributed by atoms with van der Waals surface area (Å²) < 4.78 is 16.4. The molecular formula is C22H26ClN2O3-. The SMILES string of the molecule is COc1ccccc1OCC#CCN1CCN(c2ccccc2OC)CC1.[Cl-]. The average molecular weight is 402 g/mol. The van der Waals surface area contributed by atoms with E-state index in [0.29, 0.717) is 6.61 Å². The number of ether oxygens (including phenoxy) is 3. The van der Waals surface area contributed by atoms with Gasteiger partial charge in [0, 0.05) is 26.2 Å². The topological polar surface area (TPSA) is 34.2 Å². The molecule has 0 atom stereocenters. The summed E-state index contributed by atoms with van der Waals surface area (Å²) in [6.07, 6.45) is 0. The average Bonchev–Trinajstić information content (AvgIpc) is 2.74. The first-order chi connectivity index (χ1) is 13.3. The molecule has 0 saturated carbocycles. The van der Waals surface area contributed by atoms with Gasteiger partial charge < -0.3 is 31.5 Å². The van der Waals surface area contributed by atoms with Gasteiger partial charge in [-0.2, -0.15) is 0 Å². The van der Waals surface area contributed by atoms with Crippen LogP contribution in [0.15, 0.2) is 48.5 Å². The summed E-state index contributed by atoms with van der Waals surface area (Å²) in [4.78, 5) is 4.73. The van der Waals surface area contributed by atoms with Crippen molar-refractivity contribution in [2.24, 2.45) is 0 Å². The van der Waals surface area contributed by atoms with Crippen LogP contribution in [0.5, 0.6) is 17.2 Å². The third-order valence-electron chi connectivity index (χ3n) is 4.59. The van der Waals surface area contributed by atoms with Crippen LogP contribution < -0.4 is 31.5 Å². The van der Waals surface area contributed by atoms with Crippen LogP contribution in [0, 0.1) is 11.8 Å². The fraction of sp³-hybridized carbons (Fsp3) is 0.364. The molecule has 0 N–H and O–H groups in total. The van der Waals surface area contributed by atoms with Gasteiger partial charge in [0.25, 0.3) is 0 Å². The molecular weight excluding hydrogens is 376 g/mol. The van der Waals surface area contributed by atoms with Crippen LogP contribution in [-0.4, -0.2) is 58.5 Å². The van der Waals surface area contributed by atoms with Gasteiger partial charge in [-0.3, -0.25) is 4.90 Å². The molecule has 150 valence electrons. The number of hydrogen-bond donors (Lipinski definition) is 0. The monoisotopic (exact) mass is 401 g/mol. The number of para-hydroxylation sites is 4. The molecule has 0 amide bonds. The Morgan fingerprint density at radius 1 is 0.786 bits per heavy atom. The van der Waals surface area contributed by atoms with Crippen molar-refractivity contribution in [1.82, 2.24) is 4.90 Å². The first-order valence-electron chi connectivity index (χ1n) is 9.13. The molecule has 0 radical (unpaired) electrons. The Bertz CT molecular complexity index is 796. The summed E-state index contributed by atoms with van der Waals surface area (Å²) in [6.45, 7) is 5.04. The summed E-state index contributed by atoms with van der Waals surface area (Å²) in [5.41, 5.74) is 1.16. The van der Waals surface area contributed by atoms with E-state index in [0.717, 1.165) is 55.7 Å². The van der Waals surface area contributed by atoms with E-state index >= 15 is 0 Å². The maximum absolute atomic E-state index is 5.68. The molecule has 0 aromatic heterocycles. The van der Waals surface area contributed by atoms with E-state index in [-0.39, 0.29) is 12.4 Å². The van der Waals surface area contributed by atoms with Gasteiger partial charge in [0.15, 0.2) is 11.5 Å². The van der Waals surface area contributed by atoms with Crippen molar-refractivity contribution in [2.45, 2.75) is 0 Å². The van der Waals surface area contributed by atoms with Gasteiger partial charge in [-0.1, -0.05) is 36.1 Å². The predicted molar refractivity (Wildman–Crippen MR) is 108 cm³/mol. The Morgan fingerprint density at radius 2 is 1.39 bits per heavy atom. The molecule has 6 heteroatoms. The zero-order valence-corrected chi connectivity index (χ0v) is 17.1. The van der Waals surface area contributed by atoms with Crippen LogP contribution in [0.25, 0.3) is 0 Å². The maximum Gasteiger partial charge on any atom is 0.162 e. The molecule has 0 unspecified atom stereocenters. The normalized spacial score (nSPS) is 13.7. The third kappa shape index (κ3) is 5.72. The van der Waals surface area contributed by atoms with Crippen molar-refractivity contribution in [2.75, 3.05) is 58.5 Å². The lowest BCUT2D eigenvalue weighted by Crippen LogP contribution is -3.00. The Balaban J connectivity index is 0.00000280. The molecule has 0 spiro atoms. The molecule has 1 saturated heterocycles. The van der Waals surface area contributed by atoms with Crippen molar-refractivity contribution in [3.63, 3.8) is 0 Å². The molecule has 1 aliphatic heterocycles. The van der Waals surface area contributed by atoms with Gasteiger partial charge in [-0.25, -0.2) is 0 Å². The van der Waals surface area contributed by atoms with Crippen molar-refractivity contribution >= 4 is 5.69 Å². The van der Waals surface area contributed by atoms with Crippen LogP contribution in [0.3, 0.4) is 0 Å². The van der Waals surface area contributed by atoms with E-state index in [1.54, 1.807) is 14.2 Å². The Kier molecular flexibility index (Phi) is 8.80. The van der Waals surface area contributed by atoms with E-state index in [1.807, 2.05) is 36.4 Å². The highest BCUT2D eigenvalue weighted by atomic mass is 35.5. The van der Waals surface area contributed by atoms with Crippen molar-refractivity contribution in [3.05, 3.63) is 48.5 Å². The van der Waals surface area contributed by atoms with Crippen LogP contribution in [0.1, 0.15) is 0 Å². The standard InChI is InChI=1S/C22H26N2O3.ClH/c1-25-20-10-4-3-9-19(20)24-16-14-23(15-17-24)13-7-8-18-27-22-12-6-5-11-21(22)26-2;/h3-6,9-12H,13-18H2,1-2H3;1H/p-1. The van der Waals surface area contributed by atoms with Crippen molar-refractivity contribution in [1.29, 1.82) is 0 Å². The molecule has 5 nitrogen and oxygen atoms in total. The summed E-state index contributed by atoms with van der Waals surface area (Å²) in [5, 5.41) is 0. The number of hydrogen-bond acceptors (Lipinski definition) is 5. The highest BCUT2D eigenvalue weighted by Gasteiger charge is 2.18. The van der Waals surface area contributed by atoms with Crippen LogP contribution in [-0.2, 0) is 0 Å². The van der Waals surface area contributed by atoms with Crippen molar-refractivity contribution < 1.29 is 26.6 Å². The van der Waals surface area contributed by atoms with E-state index in [4.69, 9.17) is 14.2 Å². The van der Waals surface area contributed by atoms with Crippen LogP contribution in [0.4, 0.5) is 5.69 Å². The largest absolute Gasteiger partial charge is 1.00 e. The van der Waals surface area contributed by atoms with Gasteiger partial charge in [0.2, 0.25) is 0 Å². The lowest BCUT2D eigenvalue weighted by Gasteiger charge is -2.35. The molecule has 28 heavy (non-hydrogen) atoms. The van der Waals surface area contributed by atoms with Gasteiger partial charge in [0.1, 0.15) is 12.4 Å². The molecule has 0 aliphatic carbocycles. The predicted octanol–water partition coefficient (Wildman–Crippen LogP) is -0.0878. The molecule has 1 fully saturated rings. The molecule has 0 bridgehead atoms. The Labute approximate surface area is 173 Å². The van der Waals surface area contributed by atoms with E-state index < -0.39 is 0 Å². The summed E-state index contributed by atoms with van der Waals surface area (Å²) in [7, 11) is 3.36. The molecule has 3 rings (SSSR count). The second-order valence-corrected chi connectivity index (χ2v) is 6.23. The van der Waals surface area contributed by atoms with Gasteiger partial charge in [0.05, 0.1) is 26.5 Å². The van der Waals surface area contributed by atoms with Crippen molar-refractivity contribution in [3.8, 4) is 29.1 Å². The third-order valence-corrected chi connectivity index (χ3v) is 4.59. The highest BCUT2D eigenvalue weighted by molar-refractivity contribution is 5.58. The number of methoxy groups -OCH3 is 2. The zero-order chi connectivity index (χ0) is 18.9. The minimum absolute atomic E-state index is 0. The second-order valence-electron chi connectivity index (χ2n) is 6.23. The number of benzene rings is 2. The lowest BCUT2D eigenvalue weighted by atomic mass is 10.2. The number of halogens is 1. The summed E-state index contributed by atoms with van der Waals surface area (Å²) in [5.74, 6) is 8.68. The van der Waals surface area contributed by atoms with Crippen LogP contribution in [0.2, 0.25) is 0 Å². The number of rotatable bonds is 6. The van der Waals surface area contributed by atoms with E-state index in [1.165, 1.54) is 0 Å². The Morgan fingerprint density at radius 3 is 2.07 bits per heavy atom. The van der Waals surface area contributed by atoms with E-state index in [9.17, 15) is 0 Å². The Hall–Kier alpha value is -2.55. The smallest absolute Gasteiger partial charge is 0.162 e. The molecule has 2 aromatic carbocycles. The maximum atomic E-state index is 5.68. The van der Waals surface area contributed by atoms with Gasteiger partial charge in [-0.05, 0) is 24.3 Å². The quantitative estimate of drug-likeness (QED) is 0.632. The fourth-order valence-electron chi connectivity index (χ4n) is 3.11. The van der Waals surface area contributed by atoms with E-state index in [2.05, 4.69) is 33.8 Å². The van der Waals surface area contributed by atoms with Crippen LogP contribution >= 0.6 is 0 Å².